The average Bonchev–Trinajstić information content (AvgIpc) is 3.27. The van der Waals surface area contributed by atoms with E-state index < -0.39 is 10.0 Å². The number of carbonyl (C=O) groups excluding carboxylic acids is 1. The van der Waals surface area contributed by atoms with Crippen LogP contribution in [0.15, 0.2) is 52.3 Å². The van der Waals surface area contributed by atoms with Crippen LogP contribution in [-0.4, -0.2) is 30.8 Å². The van der Waals surface area contributed by atoms with Gasteiger partial charge in [-0.15, -0.1) is 22.7 Å². The Bertz CT molecular complexity index is 923. The van der Waals surface area contributed by atoms with Crippen LogP contribution in [0.1, 0.15) is 0 Å². The molecule has 0 saturated heterocycles. The molecule has 0 fully saturated rings. The van der Waals surface area contributed by atoms with E-state index in [4.69, 9.17) is 0 Å². The number of aromatic nitrogens is 2. The normalized spacial score (nSPS) is 11.0. The molecule has 1 aromatic carbocycles. The van der Waals surface area contributed by atoms with Gasteiger partial charge in [-0.05, 0) is 24.3 Å². The third-order valence-corrected chi connectivity index (χ3v) is 5.84. The topological polar surface area (TPSA) is 113 Å². The lowest BCUT2D eigenvalue weighted by molar-refractivity contribution is -0.114. The number of benzene rings is 1. The lowest BCUT2D eigenvalue weighted by Gasteiger charge is -2.08. The van der Waals surface area contributed by atoms with Crippen molar-refractivity contribution in [3.63, 3.8) is 0 Å². The first-order valence-corrected chi connectivity index (χ1v) is 10.2. The summed E-state index contributed by atoms with van der Waals surface area (Å²) in [6, 6.07) is 5.88. The van der Waals surface area contributed by atoms with E-state index in [1.807, 2.05) is 0 Å². The molecule has 130 valence electrons. The Balaban J connectivity index is 1.59. The van der Waals surface area contributed by atoms with Crippen molar-refractivity contribution >= 4 is 54.6 Å². The number of nitrogens with one attached hydrogen (secondary N) is 3. The smallest absolute Gasteiger partial charge is 0.263 e. The quantitative estimate of drug-likeness (QED) is 0.566. The molecule has 25 heavy (non-hydrogen) atoms. The summed E-state index contributed by atoms with van der Waals surface area (Å²) in [4.78, 5) is 19.9. The summed E-state index contributed by atoms with van der Waals surface area (Å²) in [5.41, 5.74) is 0.499. The molecule has 3 N–H and O–H groups in total. The third-order valence-electron chi connectivity index (χ3n) is 2.93. The van der Waals surface area contributed by atoms with E-state index in [-0.39, 0.29) is 17.3 Å². The second-order valence-corrected chi connectivity index (χ2v) is 8.18. The molecule has 3 rings (SSSR count). The van der Waals surface area contributed by atoms with Gasteiger partial charge in [0, 0.05) is 28.8 Å². The summed E-state index contributed by atoms with van der Waals surface area (Å²) >= 11 is 2.59. The zero-order chi connectivity index (χ0) is 17.7. The molecule has 0 spiro atoms. The molecule has 8 nitrogen and oxygen atoms in total. The van der Waals surface area contributed by atoms with E-state index in [0.717, 1.165) is 0 Å². The van der Waals surface area contributed by atoms with E-state index in [1.165, 1.54) is 53.1 Å². The molecular weight excluding hydrogens is 382 g/mol. The molecule has 0 aliphatic rings. The van der Waals surface area contributed by atoms with Crippen LogP contribution in [0.4, 0.5) is 16.0 Å². The van der Waals surface area contributed by atoms with Gasteiger partial charge in [-0.3, -0.25) is 9.52 Å². The molecule has 1 amide bonds. The Morgan fingerprint density at radius 1 is 1.00 bits per heavy atom. The van der Waals surface area contributed by atoms with Crippen molar-refractivity contribution in [1.29, 1.82) is 0 Å². The van der Waals surface area contributed by atoms with Gasteiger partial charge in [0.15, 0.2) is 10.3 Å². The van der Waals surface area contributed by atoms with Crippen LogP contribution in [-0.2, 0) is 14.8 Å². The van der Waals surface area contributed by atoms with Gasteiger partial charge < -0.3 is 10.6 Å². The average molecular weight is 395 g/mol. The van der Waals surface area contributed by atoms with Crippen LogP contribution in [0, 0.1) is 0 Å². The van der Waals surface area contributed by atoms with Gasteiger partial charge in [-0.1, -0.05) is 0 Å². The maximum Gasteiger partial charge on any atom is 0.263 e. The van der Waals surface area contributed by atoms with E-state index >= 15 is 0 Å². The highest BCUT2D eigenvalue weighted by atomic mass is 32.2. The molecule has 0 saturated carbocycles. The Hall–Kier alpha value is -2.50. The molecule has 2 heterocycles. The minimum Gasteiger partial charge on any atom is -0.352 e. The van der Waals surface area contributed by atoms with Gasteiger partial charge in [0.25, 0.3) is 10.0 Å². The molecule has 3 aromatic rings. The number of rotatable bonds is 7. The fraction of sp³-hybridized carbons (Fsp3) is 0.0714. The highest BCUT2D eigenvalue weighted by molar-refractivity contribution is 7.93. The van der Waals surface area contributed by atoms with E-state index in [1.54, 1.807) is 17.0 Å². The summed E-state index contributed by atoms with van der Waals surface area (Å²) in [5.74, 6) is -0.258. The zero-order valence-electron chi connectivity index (χ0n) is 12.7. The maximum absolute atomic E-state index is 12.2. The molecule has 2 aromatic heterocycles. The van der Waals surface area contributed by atoms with Crippen LogP contribution in [0.25, 0.3) is 0 Å². The maximum atomic E-state index is 12.2. The van der Waals surface area contributed by atoms with Gasteiger partial charge in [-0.2, -0.15) is 0 Å². The van der Waals surface area contributed by atoms with Crippen molar-refractivity contribution in [2.45, 2.75) is 4.90 Å². The van der Waals surface area contributed by atoms with Crippen molar-refractivity contribution in [3.05, 3.63) is 47.4 Å². The molecule has 0 bridgehead atoms. The number of sulfonamides is 1. The number of carbonyl (C=O) groups is 1. The fourth-order valence-corrected chi connectivity index (χ4v) is 4.15. The van der Waals surface area contributed by atoms with Gasteiger partial charge in [0.1, 0.15) is 0 Å². The standard InChI is InChI=1S/C14H13N5O3S3/c20-12(9-17-13-15-5-7-23-13)18-10-1-3-11(4-2-10)25(21,22)19-14-16-6-8-24-14/h1-8H,9H2,(H,15,17)(H,16,19)(H,18,20). The highest BCUT2D eigenvalue weighted by Gasteiger charge is 2.15. The minimum absolute atomic E-state index is 0.0686. The van der Waals surface area contributed by atoms with Crippen LogP contribution in [0.2, 0.25) is 0 Å². The number of hydrogen-bond donors (Lipinski definition) is 3. The molecular formula is C14H13N5O3S3. The summed E-state index contributed by atoms with van der Waals surface area (Å²) in [5, 5.41) is 10.0. The van der Waals surface area contributed by atoms with Crippen LogP contribution in [0.5, 0.6) is 0 Å². The number of hydrogen-bond acceptors (Lipinski definition) is 8. The summed E-state index contributed by atoms with van der Waals surface area (Å²) in [6.45, 7) is 0.0686. The van der Waals surface area contributed by atoms with Gasteiger partial charge in [0.2, 0.25) is 5.91 Å². The molecule has 0 radical (unpaired) electrons. The molecule has 0 aliphatic heterocycles. The largest absolute Gasteiger partial charge is 0.352 e. The Morgan fingerprint density at radius 2 is 1.64 bits per heavy atom. The lowest BCUT2D eigenvalue weighted by atomic mass is 10.3. The number of nitrogens with zero attached hydrogens (tertiary/aromatic N) is 2. The lowest BCUT2D eigenvalue weighted by Crippen LogP contribution is -2.21. The predicted molar refractivity (Wildman–Crippen MR) is 98.6 cm³/mol. The Morgan fingerprint density at radius 3 is 2.24 bits per heavy atom. The van der Waals surface area contributed by atoms with Crippen molar-refractivity contribution in [2.24, 2.45) is 0 Å². The third kappa shape index (κ3) is 4.75. The van der Waals surface area contributed by atoms with Gasteiger partial charge in [0.05, 0.1) is 11.4 Å². The summed E-state index contributed by atoms with van der Waals surface area (Å²) in [7, 11) is -3.70. The van der Waals surface area contributed by atoms with Crippen LogP contribution in [0.3, 0.4) is 0 Å². The fourth-order valence-electron chi connectivity index (χ4n) is 1.84. The zero-order valence-corrected chi connectivity index (χ0v) is 15.1. The predicted octanol–water partition coefficient (Wildman–Crippen LogP) is 2.45. The monoisotopic (exact) mass is 395 g/mol. The van der Waals surface area contributed by atoms with Crippen molar-refractivity contribution in [3.8, 4) is 0 Å². The van der Waals surface area contributed by atoms with Gasteiger partial charge in [-0.25, -0.2) is 18.4 Å². The number of anilines is 3. The van der Waals surface area contributed by atoms with Crippen LogP contribution >= 0.6 is 22.7 Å². The first-order valence-electron chi connectivity index (χ1n) is 6.98. The summed E-state index contributed by atoms with van der Waals surface area (Å²) < 4.78 is 26.8. The Kier molecular flexibility index (Phi) is 5.26. The van der Waals surface area contributed by atoms with Crippen molar-refractivity contribution in [2.75, 3.05) is 21.9 Å². The van der Waals surface area contributed by atoms with Gasteiger partial charge >= 0.3 is 0 Å². The second-order valence-electron chi connectivity index (χ2n) is 4.71. The summed E-state index contributed by atoms with van der Waals surface area (Å²) in [6.07, 6.45) is 3.16. The SMILES string of the molecule is O=C(CNc1nccs1)Nc1ccc(S(=O)(=O)Nc2nccs2)cc1. The minimum atomic E-state index is -3.70. The number of amides is 1. The molecule has 0 unspecified atom stereocenters. The number of thiazole rings is 2. The second kappa shape index (κ2) is 7.59. The van der Waals surface area contributed by atoms with Crippen molar-refractivity contribution < 1.29 is 13.2 Å². The first-order chi connectivity index (χ1) is 12.0. The molecule has 11 heteroatoms. The Labute approximate surface area is 152 Å². The van der Waals surface area contributed by atoms with E-state index in [0.29, 0.717) is 16.0 Å². The van der Waals surface area contributed by atoms with Crippen LogP contribution < -0.4 is 15.4 Å². The first kappa shape index (κ1) is 17.3. The van der Waals surface area contributed by atoms with E-state index in [9.17, 15) is 13.2 Å². The molecule has 0 aliphatic carbocycles. The molecule has 0 atom stereocenters. The highest BCUT2D eigenvalue weighted by Crippen LogP contribution is 2.19. The van der Waals surface area contributed by atoms with E-state index in [2.05, 4.69) is 25.3 Å². The van der Waals surface area contributed by atoms with Crippen molar-refractivity contribution in [1.82, 2.24) is 9.97 Å².